The van der Waals surface area contributed by atoms with E-state index < -0.39 is 11.5 Å². The molecule has 2 aromatic carbocycles. The highest BCUT2D eigenvalue weighted by molar-refractivity contribution is 6.04. The number of nitrogens with one attached hydrogen (secondary N) is 1. The number of carbonyl (C=O) groups is 1. The number of hydrogen-bond donors (Lipinski definition) is 1. The van der Waals surface area contributed by atoms with Gasteiger partial charge in [0.05, 0.1) is 11.3 Å². The number of fused-ring (bicyclic) bond motifs is 3. The minimum absolute atomic E-state index is 0.0960. The topological polar surface area (TPSA) is 62.6 Å². The monoisotopic (exact) mass is 414 g/mol. The van der Waals surface area contributed by atoms with Crippen LogP contribution >= 0.6 is 0 Å². The number of allylic oxidation sites excluding steroid dienone is 2. The van der Waals surface area contributed by atoms with Gasteiger partial charge in [0.1, 0.15) is 5.58 Å². The molecule has 1 aliphatic carbocycles. The van der Waals surface area contributed by atoms with Crippen molar-refractivity contribution in [3.63, 3.8) is 0 Å². The summed E-state index contributed by atoms with van der Waals surface area (Å²) in [6, 6.07) is 15.6. The standard InChI is InChI=1S/C26H26N2O3/c1-26(2)13-18-22(19(29)14-26)21(15-9-11-16(12-10-15)28(3)4)23-24(27-18)17-7-5-6-8-20(17)31-25(23)30/h5-12,21,27H,13-14H2,1-4H3. The van der Waals surface area contributed by atoms with E-state index in [2.05, 4.69) is 19.2 Å². The lowest BCUT2D eigenvalue weighted by Crippen LogP contribution is -2.35. The first kappa shape index (κ1) is 19.6. The van der Waals surface area contributed by atoms with E-state index in [1.54, 1.807) is 6.07 Å². The van der Waals surface area contributed by atoms with Crippen LogP contribution in [0.25, 0.3) is 11.0 Å². The molecular formula is C26H26N2O3. The van der Waals surface area contributed by atoms with Gasteiger partial charge in [-0.25, -0.2) is 4.79 Å². The Balaban J connectivity index is 1.80. The Labute approximate surface area is 181 Å². The Kier molecular flexibility index (Phi) is 4.33. The molecule has 0 bridgehead atoms. The highest BCUT2D eigenvalue weighted by Gasteiger charge is 2.42. The zero-order valence-corrected chi connectivity index (χ0v) is 18.3. The molecule has 5 rings (SSSR count). The second-order valence-corrected chi connectivity index (χ2v) is 9.55. The molecule has 5 heteroatoms. The van der Waals surface area contributed by atoms with Crippen LogP contribution in [0.4, 0.5) is 11.4 Å². The van der Waals surface area contributed by atoms with Crippen LogP contribution < -0.4 is 15.8 Å². The molecule has 5 nitrogen and oxygen atoms in total. The summed E-state index contributed by atoms with van der Waals surface area (Å²) in [6.45, 7) is 4.23. The van der Waals surface area contributed by atoms with Crippen LogP contribution in [0.15, 0.2) is 69.0 Å². The molecule has 1 aliphatic heterocycles. The number of carbonyl (C=O) groups excluding carboxylic acids is 1. The second kappa shape index (κ2) is 6.84. The van der Waals surface area contributed by atoms with Gasteiger partial charge < -0.3 is 14.6 Å². The van der Waals surface area contributed by atoms with E-state index in [0.29, 0.717) is 23.1 Å². The number of nitrogens with zero attached hydrogens (tertiary/aromatic N) is 1. The van der Waals surface area contributed by atoms with E-state index in [1.165, 1.54) is 0 Å². The molecule has 1 aromatic heterocycles. The van der Waals surface area contributed by atoms with Crippen LogP contribution in [-0.4, -0.2) is 19.9 Å². The van der Waals surface area contributed by atoms with Gasteiger partial charge in [-0.15, -0.1) is 0 Å². The predicted molar refractivity (Wildman–Crippen MR) is 124 cm³/mol. The molecule has 31 heavy (non-hydrogen) atoms. The fourth-order valence-corrected chi connectivity index (χ4v) is 4.94. The molecule has 0 amide bonds. The Morgan fingerprint density at radius 1 is 1.00 bits per heavy atom. The second-order valence-electron chi connectivity index (χ2n) is 9.55. The molecule has 3 aromatic rings. The average Bonchev–Trinajstić information content (AvgIpc) is 2.71. The van der Waals surface area contributed by atoms with E-state index in [1.807, 2.05) is 61.5 Å². The van der Waals surface area contributed by atoms with Crippen molar-refractivity contribution in [1.29, 1.82) is 0 Å². The Morgan fingerprint density at radius 2 is 1.71 bits per heavy atom. The van der Waals surface area contributed by atoms with Crippen molar-refractivity contribution in [3.8, 4) is 0 Å². The van der Waals surface area contributed by atoms with Gasteiger partial charge in [0.25, 0.3) is 0 Å². The summed E-state index contributed by atoms with van der Waals surface area (Å²) in [5.41, 5.74) is 4.91. The third-order valence-corrected chi connectivity index (χ3v) is 6.36. The van der Waals surface area contributed by atoms with Gasteiger partial charge in [-0.05, 0) is 41.7 Å². The van der Waals surface area contributed by atoms with Crippen molar-refractivity contribution < 1.29 is 9.21 Å². The lowest BCUT2D eigenvalue weighted by Gasteiger charge is -2.39. The van der Waals surface area contributed by atoms with Gasteiger partial charge >= 0.3 is 5.63 Å². The molecule has 0 saturated heterocycles. The highest BCUT2D eigenvalue weighted by Crippen LogP contribution is 2.49. The van der Waals surface area contributed by atoms with Crippen molar-refractivity contribution in [2.24, 2.45) is 5.41 Å². The van der Waals surface area contributed by atoms with Gasteiger partial charge in [-0.2, -0.15) is 0 Å². The van der Waals surface area contributed by atoms with Crippen molar-refractivity contribution >= 4 is 28.1 Å². The smallest absolute Gasteiger partial charge is 0.342 e. The van der Waals surface area contributed by atoms with Crippen molar-refractivity contribution in [3.05, 3.63) is 81.3 Å². The van der Waals surface area contributed by atoms with Crippen LogP contribution in [0.5, 0.6) is 0 Å². The van der Waals surface area contributed by atoms with Crippen molar-refractivity contribution in [2.75, 3.05) is 24.3 Å². The van der Waals surface area contributed by atoms with E-state index >= 15 is 0 Å². The molecule has 1 unspecified atom stereocenters. The summed E-state index contributed by atoms with van der Waals surface area (Å²) in [7, 11) is 3.98. The predicted octanol–water partition coefficient (Wildman–Crippen LogP) is 5.06. The van der Waals surface area contributed by atoms with Gasteiger partial charge in [-0.3, -0.25) is 4.79 Å². The summed E-state index contributed by atoms with van der Waals surface area (Å²) in [5.74, 6) is -0.342. The van der Waals surface area contributed by atoms with Crippen LogP contribution in [-0.2, 0) is 4.79 Å². The zero-order valence-electron chi connectivity index (χ0n) is 18.3. The molecular weight excluding hydrogens is 388 g/mol. The zero-order chi connectivity index (χ0) is 21.9. The Hall–Kier alpha value is -3.34. The SMILES string of the molecule is CN(C)c1ccc(C2C3=C(CC(C)(C)CC3=O)Nc3c2c(=O)oc2ccccc32)cc1. The molecule has 2 aliphatic rings. The molecule has 1 N–H and O–H groups in total. The van der Waals surface area contributed by atoms with Crippen LogP contribution in [0.2, 0.25) is 0 Å². The maximum atomic E-state index is 13.3. The van der Waals surface area contributed by atoms with E-state index in [4.69, 9.17) is 4.42 Å². The first-order valence-electron chi connectivity index (χ1n) is 10.6. The van der Waals surface area contributed by atoms with Crippen LogP contribution in [0.1, 0.15) is 43.7 Å². The molecule has 158 valence electrons. The van der Waals surface area contributed by atoms with Crippen LogP contribution in [0.3, 0.4) is 0 Å². The lowest BCUT2D eigenvalue weighted by atomic mass is 9.69. The minimum Gasteiger partial charge on any atom is -0.422 e. The van der Waals surface area contributed by atoms with Gasteiger partial charge in [0, 0.05) is 48.8 Å². The number of ketones is 1. The molecule has 1 atom stereocenters. The average molecular weight is 415 g/mol. The van der Waals surface area contributed by atoms with E-state index in [0.717, 1.165) is 34.4 Å². The first-order valence-corrected chi connectivity index (χ1v) is 10.6. The number of para-hydroxylation sites is 1. The maximum Gasteiger partial charge on any atom is 0.342 e. The minimum atomic E-state index is -0.438. The quantitative estimate of drug-likeness (QED) is 0.594. The lowest BCUT2D eigenvalue weighted by molar-refractivity contribution is -0.118. The van der Waals surface area contributed by atoms with Crippen LogP contribution in [0, 0.1) is 5.41 Å². The maximum absolute atomic E-state index is 13.3. The summed E-state index contributed by atoms with van der Waals surface area (Å²) in [5, 5.41) is 4.34. The van der Waals surface area contributed by atoms with Gasteiger partial charge in [0.2, 0.25) is 0 Å². The molecule has 0 fully saturated rings. The number of Topliss-reactive ketones (excluding diaryl/α,β-unsaturated/α-hetero) is 1. The third kappa shape index (κ3) is 3.16. The van der Waals surface area contributed by atoms with E-state index in [9.17, 15) is 9.59 Å². The number of rotatable bonds is 2. The molecule has 0 spiro atoms. The Bertz CT molecular complexity index is 1300. The summed E-state index contributed by atoms with van der Waals surface area (Å²) in [6.07, 6.45) is 1.22. The Morgan fingerprint density at radius 3 is 2.42 bits per heavy atom. The summed E-state index contributed by atoms with van der Waals surface area (Å²) >= 11 is 0. The molecule has 0 saturated carbocycles. The summed E-state index contributed by atoms with van der Waals surface area (Å²) < 4.78 is 5.69. The van der Waals surface area contributed by atoms with Gasteiger partial charge in [-0.1, -0.05) is 38.1 Å². The van der Waals surface area contributed by atoms with Crippen molar-refractivity contribution in [1.82, 2.24) is 0 Å². The molecule has 0 radical (unpaired) electrons. The first-order chi connectivity index (χ1) is 14.7. The van der Waals surface area contributed by atoms with Gasteiger partial charge in [0.15, 0.2) is 5.78 Å². The number of benzene rings is 2. The number of hydrogen-bond acceptors (Lipinski definition) is 5. The normalized spacial score (nSPS) is 19.6. The number of anilines is 2. The third-order valence-electron chi connectivity index (χ3n) is 6.36. The van der Waals surface area contributed by atoms with Crippen molar-refractivity contribution in [2.45, 2.75) is 32.6 Å². The van der Waals surface area contributed by atoms with E-state index in [-0.39, 0.29) is 11.2 Å². The summed E-state index contributed by atoms with van der Waals surface area (Å²) in [4.78, 5) is 28.6. The molecule has 2 heterocycles. The largest absolute Gasteiger partial charge is 0.422 e. The fourth-order valence-electron chi connectivity index (χ4n) is 4.94. The highest BCUT2D eigenvalue weighted by atomic mass is 16.4. The fraction of sp³-hybridized carbons (Fsp3) is 0.308.